The Kier molecular flexibility index (Phi) is 3.03. The molecule has 14 heavy (non-hydrogen) atoms. The van der Waals surface area contributed by atoms with Gasteiger partial charge < -0.3 is 10.4 Å². The van der Waals surface area contributed by atoms with Gasteiger partial charge in [-0.15, -0.1) is 0 Å². The molecule has 2 unspecified atom stereocenters. The summed E-state index contributed by atoms with van der Waals surface area (Å²) in [6, 6.07) is 0.391. The van der Waals surface area contributed by atoms with Crippen LogP contribution in [0.3, 0.4) is 0 Å². The second-order valence-electron chi connectivity index (χ2n) is 4.17. The van der Waals surface area contributed by atoms with Crippen LogP contribution >= 0.6 is 0 Å². The lowest BCUT2D eigenvalue weighted by Crippen LogP contribution is -2.46. The van der Waals surface area contributed by atoms with Crippen LogP contribution in [0.15, 0.2) is 0 Å². The maximum absolute atomic E-state index is 11.4. The van der Waals surface area contributed by atoms with Gasteiger partial charge in [0.1, 0.15) is 0 Å². The highest BCUT2D eigenvalue weighted by molar-refractivity contribution is 5.82. The number of nitrogens with zero attached hydrogens (tertiary/aromatic N) is 1. The topological polar surface area (TPSA) is 52.6 Å². The van der Waals surface area contributed by atoms with Gasteiger partial charge in [0, 0.05) is 25.7 Å². The molecular weight excluding hydrogens is 180 g/mol. The van der Waals surface area contributed by atoms with Crippen LogP contribution in [0.25, 0.3) is 0 Å². The van der Waals surface area contributed by atoms with Gasteiger partial charge >= 0.3 is 0 Å². The Morgan fingerprint density at radius 2 is 2.43 bits per heavy atom. The third-order valence-electron chi connectivity index (χ3n) is 3.32. The Morgan fingerprint density at radius 3 is 3.21 bits per heavy atom. The summed E-state index contributed by atoms with van der Waals surface area (Å²) in [4.78, 5) is 13.8. The fourth-order valence-corrected chi connectivity index (χ4v) is 2.59. The third kappa shape index (κ3) is 1.77. The minimum absolute atomic E-state index is 0.211. The zero-order chi connectivity index (χ0) is 9.97. The maximum atomic E-state index is 11.4. The molecule has 0 aromatic carbocycles. The number of hydrogen-bond donors (Lipinski definition) is 2. The standard InChI is InChI=1S/C10H18N2O2/c13-6-2-5-12-4-1-3-8-9(12)7-11-10(8)14/h8-9,13H,1-7H2,(H,11,14). The highest BCUT2D eigenvalue weighted by Gasteiger charge is 2.40. The number of hydrogen-bond acceptors (Lipinski definition) is 3. The first-order chi connectivity index (χ1) is 6.83. The van der Waals surface area contributed by atoms with Crippen LogP contribution in [0.1, 0.15) is 19.3 Å². The molecule has 2 aliphatic rings. The lowest BCUT2D eigenvalue weighted by atomic mass is 9.91. The van der Waals surface area contributed by atoms with E-state index < -0.39 is 0 Å². The first-order valence-corrected chi connectivity index (χ1v) is 5.45. The van der Waals surface area contributed by atoms with Gasteiger partial charge in [-0.2, -0.15) is 0 Å². The Hall–Kier alpha value is -0.610. The van der Waals surface area contributed by atoms with Gasteiger partial charge in [-0.05, 0) is 25.8 Å². The number of nitrogens with one attached hydrogen (secondary N) is 1. The summed E-state index contributed by atoms with van der Waals surface area (Å²) in [6.45, 7) is 3.05. The van der Waals surface area contributed by atoms with Crippen LogP contribution in [0.5, 0.6) is 0 Å². The van der Waals surface area contributed by atoms with Crippen molar-refractivity contribution in [3.63, 3.8) is 0 Å². The summed E-state index contributed by atoms with van der Waals surface area (Å²) in [7, 11) is 0. The number of carbonyl (C=O) groups excluding carboxylic acids is 1. The Morgan fingerprint density at radius 1 is 1.57 bits per heavy atom. The molecule has 2 atom stereocenters. The average molecular weight is 198 g/mol. The summed E-state index contributed by atoms with van der Waals surface area (Å²) < 4.78 is 0. The van der Waals surface area contributed by atoms with E-state index in [2.05, 4.69) is 10.2 Å². The molecule has 0 aliphatic carbocycles. The van der Waals surface area contributed by atoms with E-state index in [-0.39, 0.29) is 18.4 Å². The number of likely N-dealkylation sites (tertiary alicyclic amines) is 1. The van der Waals surface area contributed by atoms with E-state index >= 15 is 0 Å². The predicted molar refractivity (Wildman–Crippen MR) is 52.8 cm³/mol. The second kappa shape index (κ2) is 4.28. The Labute approximate surface area is 84.3 Å². The van der Waals surface area contributed by atoms with Gasteiger partial charge in [0.25, 0.3) is 0 Å². The molecule has 0 aromatic rings. The molecule has 2 saturated heterocycles. The summed E-state index contributed by atoms with van der Waals surface area (Å²) in [5.41, 5.74) is 0. The molecule has 1 amide bonds. The fraction of sp³-hybridized carbons (Fsp3) is 0.900. The van der Waals surface area contributed by atoms with E-state index in [1.165, 1.54) is 0 Å². The molecule has 2 N–H and O–H groups in total. The van der Waals surface area contributed by atoms with Crippen LogP contribution < -0.4 is 5.32 Å². The van der Waals surface area contributed by atoms with Gasteiger partial charge in [-0.25, -0.2) is 0 Å². The largest absolute Gasteiger partial charge is 0.396 e. The van der Waals surface area contributed by atoms with Crippen molar-refractivity contribution >= 4 is 5.91 Å². The predicted octanol–water partition coefficient (Wildman–Crippen LogP) is -0.421. The zero-order valence-electron chi connectivity index (χ0n) is 8.41. The van der Waals surface area contributed by atoms with E-state index in [0.29, 0.717) is 6.04 Å². The van der Waals surface area contributed by atoms with Gasteiger partial charge in [0.15, 0.2) is 0 Å². The number of amides is 1. The van der Waals surface area contributed by atoms with E-state index in [9.17, 15) is 4.79 Å². The minimum atomic E-state index is 0.211. The molecule has 0 spiro atoms. The van der Waals surface area contributed by atoms with Crippen LogP contribution in [0.4, 0.5) is 0 Å². The highest BCUT2D eigenvalue weighted by atomic mass is 16.3. The molecule has 0 saturated carbocycles. The summed E-state index contributed by atoms with van der Waals surface area (Å²) in [5.74, 6) is 0.436. The molecule has 4 heteroatoms. The van der Waals surface area contributed by atoms with Crippen LogP contribution in [0, 0.1) is 5.92 Å². The average Bonchev–Trinajstić information content (AvgIpc) is 2.58. The number of piperidine rings is 1. The van der Waals surface area contributed by atoms with Crippen molar-refractivity contribution in [3.8, 4) is 0 Å². The molecule has 4 nitrogen and oxygen atoms in total. The Bertz CT molecular complexity index is 220. The lowest BCUT2D eigenvalue weighted by molar-refractivity contribution is -0.124. The van der Waals surface area contributed by atoms with E-state index in [1.807, 2.05) is 0 Å². The molecule has 0 aromatic heterocycles. The van der Waals surface area contributed by atoms with Crippen molar-refractivity contribution < 1.29 is 9.90 Å². The first-order valence-electron chi connectivity index (χ1n) is 5.45. The normalized spacial score (nSPS) is 32.8. The minimum Gasteiger partial charge on any atom is -0.396 e. The molecule has 2 heterocycles. The summed E-state index contributed by atoms with van der Waals surface area (Å²) in [5, 5.41) is 11.7. The molecule has 2 fully saturated rings. The highest BCUT2D eigenvalue weighted by Crippen LogP contribution is 2.27. The van der Waals surface area contributed by atoms with Crippen molar-refractivity contribution in [2.24, 2.45) is 5.92 Å². The van der Waals surface area contributed by atoms with Gasteiger partial charge in [0.2, 0.25) is 5.91 Å². The summed E-state index contributed by atoms with van der Waals surface area (Å²) >= 11 is 0. The van der Waals surface area contributed by atoms with E-state index in [1.54, 1.807) is 0 Å². The molecule has 2 aliphatic heterocycles. The van der Waals surface area contributed by atoms with Crippen molar-refractivity contribution in [2.45, 2.75) is 25.3 Å². The first kappa shape index (κ1) is 9.93. The zero-order valence-corrected chi connectivity index (χ0v) is 8.41. The van der Waals surface area contributed by atoms with Gasteiger partial charge in [0.05, 0.1) is 5.92 Å². The molecular formula is C10H18N2O2. The van der Waals surface area contributed by atoms with Crippen molar-refractivity contribution in [3.05, 3.63) is 0 Å². The SMILES string of the molecule is O=C1NCC2C1CCCN2CCCO. The number of aliphatic hydroxyl groups is 1. The van der Waals surface area contributed by atoms with Crippen molar-refractivity contribution in [2.75, 3.05) is 26.2 Å². The monoisotopic (exact) mass is 198 g/mol. The second-order valence-corrected chi connectivity index (χ2v) is 4.17. The third-order valence-corrected chi connectivity index (χ3v) is 3.32. The number of fused-ring (bicyclic) bond motifs is 1. The molecule has 80 valence electrons. The lowest BCUT2D eigenvalue weighted by Gasteiger charge is -2.35. The quantitative estimate of drug-likeness (QED) is 0.647. The van der Waals surface area contributed by atoms with Crippen LogP contribution in [-0.2, 0) is 4.79 Å². The van der Waals surface area contributed by atoms with Crippen LogP contribution in [0.2, 0.25) is 0 Å². The van der Waals surface area contributed by atoms with Gasteiger partial charge in [-0.1, -0.05) is 0 Å². The van der Waals surface area contributed by atoms with Crippen LogP contribution in [-0.4, -0.2) is 48.2 Å². The molecule has 2 rings (SSSR count). The van der Waals surface area contributed by atoms with Gasteiger partial charge in [-0.3, -0.25) is 9.69 Å². The number of aliphatic hydroxyl groups excluding tert-OH is 1. The number of carbonyl (C=O) groups is 1. The fourth-order valence-electron chi connectivity index (χ4n) is 2.59. The van der Waals surface area contributed by atoms with Crippen molar-refractivity contribution in [1.29, 1.82) is 0 Å². The van der Waals surface area contributed by atoms with E-state index in [4.69, 9.17) is 5.11 Å². The smallest absolute Gasteiger partial charge is 0.224 e. The van der Waals surface area contributed by atoms with Crippen molar-refractivity contribution in [1.82, 2.24) is 10.2 Å². The maximum Gasteiger partial charge on any atom is 0.224 e. The van der Waals surface area contributed by atoms with E-state index in [0.717, 1.165) is 38.9 Å². The number of rotatable bonds is 3. The Balaban J connectivity index is 1.94. The summed E-state index contributed by atoms with van der Waals surface area (Å²) in [6.07, 6.45) is 2.96. The molecule has 0 bridgehead atoms. The molecule has 0 radical (unpaired) electrons.